The first-order chi connectivity index (χ1) is 6.50. The lowest BCUT2D eigenvalue weighted by molar-refractivity contribution is -0.168. The molecule has 0 fully saturated rings. The lowest BCUT2D eigenvalue weighted by Crippen LogP contribution is -2.29. The number of alkyl halides is 3. The smallest absolute Gasteiger partial charge is 0.361 e. The van der Waals surface area contributed by atoms with Crippen LogP contribution in [0.3, 0.4) is 0 Å². The molecule has 0 aromatic carbocycles. The molecular weight excluding hydrogens is 199 g/mol. The summed E-state index contributed by atoms with van der Waals surface area (Å²) in [6.45, 7) is -0.831. The highest BCUT2D eigenvalue weighted by Crippen LogP contribution is 2.15. The largest absolute Gasteiger partial charge is 0.451 e. The van der Waals surface area contributed by atoms with E-state index in [-0.39, 0.29) is 5.82 Å². The molecule has 0 aliphatic heterocycles. The summed E-state index contributed by atoms with van der Waals surface area (Å²) < 4.78 is 35.2. The van der Waals surface area contributed by atoms with Crippen LogP contribution in [-0.4, -0.2) is 28.5 Å². The molecule has 14 heavy (non-hydrogen) atoms. The van der Waals surface area contributed by atoms with E-state index in [4.69, 9.17) is 0 Å². The summed E-state index contributed by atoms with van der Waals surface area (Å²) in [5.74, 6) is -1.71. The monoisotopic (exact) mass is 205 g/mol. The minimum absolute atomic E-state index is 0.130. The molecule has 1 aromatic heterocycles. The van der Waals surface area contributed by atoms with Crippen LogP contribution in [0.4, 0.5) is 19.0 Å². The summed E-state index contributed by atoms with van der Waals surface area (Å²) in [4.78, 5) is 17.6. The van der Waals surface area contributed by atoms with Crippen LogP contribution < -0.4 is 5.32 Å². The zero-order chi connectivity index (χ0) is 10.6. The van der Waals surface area contributed by atoms with E-state index in [0.717, 1.165) is 0 Å². The van der Waals surface area contributed by atoms with Gasteiger partial charge in [0.2, 0.25) is 0 Å². The second-order valence-corrected chi connectivity index (χ2v) is 2.37. The third kappa shape index (κ3) is 3.00. The number of carbonyl (C=O) groups is 1. The molecule has 0 saturated carbocycles. The summed E-state index contributed by atoms with van der Waals surface area (Å²) in [7, 11) is 0. The third-order valence-corrected chi connectivity index (χ3v) is 1.31. The number of ketones is 1. The highest BCUT2D eigenvalue weighted by molar-refractivity contribution is 5.87. The van der Waals surface area contributed by atoms with Crippen molar-refractivity contribution >= 4 is 11.6 Å². The predicted octanol–water partition coefficient (Wildman–Crippen LogP) is 1.02. The molecule has 0 bridgehead atoms. The topological polar surface area (TPSA) is 54.9 Å². The summed E-state index contributed by atoms with van der Waals surface area (Å²) in [5.41, 5.74) is 0. The number of hydrogen-bond acceptors (Lipinski definition) is 4. The van der Waals surface area contributed by atoms with E-state index >= 15 is 0 Å². The van der Waals surface area contributed by atoms with Gasteiger partial charge in [-0.25, -0.2) is 4.98 Å². The van der Waals surface area contributed by atoms with Gasteiger partial charge in [0.25, 0.3) is 5.78 Å². The van der Waals surface area contributed by atoms with E-state index in [1.165, 1.54) is 18.6 Å². The van der Waals surface area contributed by atoms with E-state index < -0.39 is 18.5 Å². The molecule has 0 amide bonds. The number of Topliss-reactive ketones (excluding diaryl/α,β-unsaturated/α-hetero) is 1. The van der Waals surface area contributed by atoms with Crippen molar-refractivity contribution in [2.24, 2.45) is 0 Å². The molecule has 4 nitrogen and oxygen atoms in total. The van der Waals surface area contributed by atoms with E-state index in [1.807, 2.05) is 0 Å². The average Bonchev–Trinajstić information content (AvgIpc) is 2.14. The molecule has 0 aliphatic carbocycles. The van der Waals surface area contributed by atoms with E-state index in [9.17, 15) is 18.0 Å². The summed E-state index contributed by atoms with van der Waals surface area (Å²) in [5, 5.41) is 2.21. The number of carbonyl (C=O) groups excluding carboxylic acids is 1. The highest BCUT2D eigenvalue weighted by atomic mass is 19.4. The van der Waals surface area contributed by atoms with Crippen LogP contribution in [0.2, 0.25) is 0 Å². The Bertz CT molecular complexity index is 312. The van der Waals surface area contributed by atoms with Gasteiger partial charge in [0, 0.05) is 12.4 Å². The van der Waals surface area contributed by atoms with Gasteiger partial charge in [0.15, 0.2) is 0 Å². The van der Waals surface area contributed by atoms with Gasteiger partial charge in [-0.3, -0.25) is 9.78 Å². The van der Waals surface area contributed by atoms with E-state index in [2.05, 4.69) is 15.3 Å². The van der Waals surface area contributed by atoms with Crippen LogP contribution >= 0.6 is 0 Å². The van der Waals surface area contributed by atoms with Crippen LogP contribution in [0.25, 0.3) is 0 Å². The molecule has 0 saturated heterocycles. The molecule has 1 rings (SSSR count). The summed E-state index contributed by atoms with van der Waals surface area (Å²) >= 11 is 0. The summed E-state index contributed by atoms with van der Waals surface area (Å²) in [6, 6.07) is 0. The van der Waals surface area contributed by atoms with Crippen LogP contribution in [-0.2, 0) is 4.79 Å². The maximum absolute atomic E-state index is 11.7. The normalized spacial score (nSPS) is 11.1. The number of nitrogens with zero attached hydrogens (tertiary/aromatic N) is 2. The zero-order valence-corrected chi connectivity index (χ0v) is 6.88. The van der Waals surface area contributed by atoms with Gasteiger partial charge in [-0.15, -0.1) is 0 Å². The fourth-order valence-corrected chi connectivity index (χ4v) is 0.661. The second-order valence-electron chi connectivity index (χ2n) is 2.37. The number of aromatic nitrogens is 2. The predicted molar refractivity (Wildman–Crippen MR) is 41.6 cm³/mol. The van der Waals surface area contributed by atoms with Crippen molar-refractivity contribution < 1.29 is 18.0 Å². The molecule has 0 unspecified atom stereocenters. The number of hydrogen-bond donors (Lipinski definition) is 1. The van der Waals surface area contributed by atoms with Crippen molar-refractivity contribution in [3.8, 4) is 0 Å². The Labute approximate surface area is 77.2 Å². The SMILES string of the molecule is O=C(CNc1cnccn1)C(F)(F)F. The van der Waals surface area contributed by atoms with Gasteiger partial charge < -0.3 is 5.32 Å². The van der Waals surface area contributed by atoms with Crippen molar-refractivity contribution in [2.45, 2.75) is 6.18 Å². The maximum atomic E-state index is 11.7. The number of rotatable bonds is 3. The molecule has 1 heterocycles. The number of anilines is 1. The first-order valence-electron chi connectivity index (χ1n) is 3.60. The van der Waals surface area contributed by atoms with Crippen LogP contribution in [0, 0.1) is 0 Å². The Balaban J connectivity index is 2.46. The van der Waals surface area contributed by atoms with E-state index in [0.29, 0.717) is 0 Å². The van der Waals surface area contributed by atoms with Crippen LogP contribution in [0.5, 0.6) is 0 Å². The maximum Gasteiger partial charge on any atom is 0.451 e. The molecule has 7 heteroatoms. The molecular formula is C7H6F3N3O. The minimum Gasteiger partial charge on any atom is -0.361 e. The van der Waals surface area contributed by atoms with Gasteiger partial charge in [0.05, 0.1) is 12.7 Å². The average molecular weight is 205 g/mol. The van der Waals surface area contributed by atoms with Crippen LogP contribution in [0.1, 0.15) is 0 Å². The van der Waals surface area contributed by atoms with Gasteiger partial charge in [-0.1, -0.05) is 0 Å². The molecule has 0 radical (unpaired) electrons. The first kappa shape index (κ1) is 10.4. The Morgan fingerprint density at radius 2 is 2.14 bits per heavy atom. The van der Waals surface area contributed by atoms with Gasteiger partial charge >= 0.3 is 6.18 Å². The van der Waals surface area contributed by atoms with Gasteiger partial charge in [-0.05, 0) is 0 Å². The Kier molecular flexibility index (Phi) is 3.00. The third-order valence-electron chi connectivity index (χ3n) is 1.31. The van der Waals surface area contributed by atoms with Crippen molar-refractivity contribution in [3.63, 3.8) is 0 Å². The van der Waals surface area contributed by atoms with Crippen molar-refractivity contribution in [1.29, 1.82) is 0 Å². The molecule has 0 atom stereocenters. The van der Waals surface area contributed by atoms with Gasteiger partial charge in [-0.2, -0.15) is 13.2 Å². The fourth-order valence-electron chi connectivity index (χ4n) is 0.661. The van der Waals surface area contributed by atoms with Crippen molar-refractivity contribution in [3.05, 3.63) is 18.6 Å². The zero-order valence-electron chi connectivity index (χ0n) is 6.88. The molecule has 76 valence electrons. The molecule has 0 aliphatic rings. The Morgan fingerprint density at radius 3 is 2.64 bits per heavy atom. The quantitative estimate of drug-likeness (QED) is 0.800. The highest BCUT2D eigenvalue weighted by Gasteiger charge is 2.37. The van der Waals surface area contributed by atoms with Crippen molar-refractivity contribution in [1.82, 2.24) is 9.97 Å². The fraction of sp³-hybridized carbons (Fsp3) is 0.286. The molecule has 1 N–H and O–H groups in total. The molecule has 1 aromatic rings. The van der Waals surface area contributed by atoms with E-state index in [1.54, 1.807) is 0 Å². The van der Waals surface area contributed by atoms with Crippen LogP contribution in [0.15, 0.2) is 18.6 Å². The first-order valence-corrected chi connectivity index (χ1v) is 3.60. The Hall–Kier alpha value is -1.66. The molecule has 0 spiro atoms. The standard InChI is InChI=1S/C7H6F3N3O/c8-7(9,10)5(14)3-13-6-4-11-1-2-12-6/h1-2,4H,3H2,(H,12,13). The Morgan fingerprint density at radius 1 is 1.43 bits per heavy atom. The minimum atomic E-state index is -4.81. The van der Waals surface area contributed by atoms with Crippen molar-refractivity contribution in [2.75, 3.05) is 11.9 Å². The lowest BCUT2D eigenvalue weighted by atomic mass is 10.4. The number of nitrogens with one attached hydrogen (secondary N) is 1. The second kappa shape index (κ2) is 4.03. The lowest BCUT2D eigenvalue weighted by Gasteiger charge is -2.06. The number of halogens is 3. The van der Waals surface area contributed by atoms with Gasteiger partial charge in [0.1, 0.15) is 5.82 Å². The summed E-state index contributed by atoms with van der Waals surface area (Å²) in [6.07, 6.45) is -0.907.